The lowest BCUT2D eigenvalue weighted by Gasteiger charge is -2.17. The van der Waals surface area contributed by atoms with Crippen LogP contribution >= 0.6 is 0 Å². The van der Waals surface area contributed by atoms with Crippen LogP contribution in [0.4, 0.5) is 11.5 Å². The summed E-state index contributed by atoms with van der Waals surface area (Å²) in [6.45, 7) is 6.13. The SMILES string of the molecule is Cc1ccc(-n2nc(C)cc2NC(=O)CN2CCC(Nc3ccccc3)C2)cc1. The molecule has 29 heavy (non-hydrogen) atoms. The molecule has 3 aromatic rings. The molecule has 1 aliphatic heterocycles. The Morgan fingerprint density at radius 3 is 2.62 bits per heavy atom. The molecule has 2 aromatic carbocycles. The minimum Gasteiger partial charge on any atom is -0.381 e. The topological polar surface area (TPSA) is 62.2 Å². The zero-order chi connectivity index (χ0) is 20.2. The highest BCUT2D eigenvalue weighted by Gasteiger charge is 2.24. The van der Waals surface area contributed by atoms with Gasteiger partial charge in [-0.25, -0.2) is 4.68 Å². The van der Waals surface area contributed by atoms with Gasteiger partial charge in [-0.15, -0.1) is 0 Å². The summed E-state index contributed by atoms with van der Waals surface area (Å²) in [6.07, 6.45) is 1.03. The number of aromatic nitrogens is 2. The van der Waals surface area contributed by atoms with E-state index in [1.807, 2.05) is 55.5 Å². The van der Waals surface area contributed by atoms with Gasteiger partial charge >= 0.3 is 0 Å². The van der Waals surface area contributed by atoms with Gasteiger partial charge in [0, 0.05) is 30.9 Å². The molecule has 1 amide bonds. The summed E-state index contributed by atoms with van der Waals surface area (Å²) in [7, 11) is 0. The van der Waals surface area contributed by atoms with Crippen molar-refractivity contribution in [2.45, 2.75) is 26.3 Å². The van der Waals surface area contributed by atoms with Gasteiger partial charge in [0.15, 0.2) is 0 Å². The zero-order valence-electron chi connectivity index (χ0n) is 16.9. The van der Waals surface area contributed by atoms with E-state index in [4.69, 9.17) is 0 Å². The molecule has 6 nitrogen and oxygen atoms in total. The van der Waals surface area contributed by atoms with Gasteiger partial charge in [0.25, 0.3) is 0 Å². The number of hydrogen-bond acceptors (Lipinski definition) is 4. The molecule has 1 unspecified atom stereocenters. The van der Waals surface area contributed by atoms with Crippen molar-refractivity contribution in [2.75, 3.05) is 30.3 Å². The van der Waals surface area contributed by atoms with Crippen molar-refractivity contribution in [1.29, 1.82) is 0 Å². The number of aryl methyl sites for hydroxylation is 2. The number of benzene rings is 2. The van der Waals surface area contributed by atoms with Crippen molar-refractivity contribution >= 4 is 17.4 Å². The lowest BCUT2D eigenvalue weighted by molar-refractivity contribution is -0.117. The van der Waals surface area contributed by atoms with Crippen LogP contribution in [0.5, 0.6) is 0 Å². The summed E-state index contributed by atoms with van der Waals surface area (Å²) in [5, 5.41) is 11.1. The number of carbonyl (C=O) groups excluding carboxylic acids is 1. The lowest BCUT2D eigenvalue weighted by atomic mass is 10.2. The molecule has 0 radical (unpaired) electrons. The summed E-state index contributed by atoms with van der Waals surface area (Å²) in [5.74, 6) is 0.688. The minimum absolute atomic E-state index is 0.0152. The van der Waals surface area contributed by atoms with E-state index in [1.54, 1.807) is 4.68 Å². The fourth-order valence-electron chi connectivity index (χ4n) is 3.72. The number of nitrogens with zero attached hydrogens (tertiary/aromatic N) is 3. The van der Waals surface area contributed by atoms with Crippen LogP contribution in [0.1, 0.15) is 17.7 Å². The monoisotopic (exact) mass is 389 g/mol. The highest BCUT2D eigenvalue weighted by atomic mass is 16.2. The molecule has 1 atom stereocenters. The standard InChI is InChI=1S/C23H27N5O/c1-17-8-10-21(11-9-17)28-22(14-18(2)26-28)25-23(29)16-27-13-12-20(15-27)24-19-6-4-3-5-7-19/h3-11,14,20,24H,12-13,15-16H2,1-2H3,(H,25,29). The first-order valence-corrected chi connectivity index (χ1v) is 10.0. The van der Waals surface area contributed by atoms with Crippen LogP contribution in [0.15, 0.2) is 60.7 Å². The van der Waals surface area contributed by atoms with Crippen LogP contribution in [0.3, 0.4) is 0 Å². The molecule has 2 N–H and O–H groups in total. The van der Waals surface area contributed by atoms with Crippen molar-refractivity contribution in [3.63, 3.8) is 0 Å². The predicted molar refractivity (Wildman–Crippen MR) is 117 cm³/mol. The molecule has 1 saturated heterocycles. The Bertz CT molecular complexity index is 965. The smallest absolute Gasteiger partial charge is 0.239 e. The number of para-hydroxylation sites is 1. The molecule has 0 aliphatic carbocycles. The molecule has 0 bridgehead atoms. The average molecular weight is 390 g/mol. The van der Waals surface area contributed by atoms with Gasteiger partial charge < -0.3 is 10.6 Å². The van der Waals surface area contributed by atoms with Crippen LogP contribution in [-0.2, 0) is 4.79 Å². The Kier molecular flexibility index (Phi) is 5.62. The predicted octanol–water partition coefficient (Wildman–Crippen LogP) is 3.61. The summed E-state index contributed by atoms with van der Waals surface area (Å²) >= 11 is 0. The third kappa shape index (κ3) is 4.84. The molecule has 4 rings (SSSR count). The van der Waals surface area contributed by atoms with Crippen LogP contribution in [-0.4, -0.2) is 46.3 Å². The number of amides is 1. The van der Waals surface area contributed by atoms with E-state index in [1.165, 1.54) is 5.56 Å². The molecule has 2 heterocycles. The van der Waals surface area contributed by atoms with E-state index < -0.39 is 0 Å². The first-order chi connectivity index (χ1) is 14.1. The first-order valence-electron chi connectivity index (χ1n) is 10.0. The molecule has 0 spiro atoms. The molecule has 6 heteroatoms. The highest BCUT2D eigenvalue weighted by Crippen LogP contribution is 2.19. The van der Waals surface area contributed by atoms with Crippen molar-refractivity contribution in [3.8, 4) is 5.69 Å². The maximum atomic E-state index is 12.7. The maximum Gasteiger partial charge on any atom is 0.239 e. The Hall–Kier alpha value is -3.12. The molecular weight excluding hydrogens is 362 g/mol. The zero-order valence-corrected chi connectivity index (χ0v) is 16.9. The van der Waals surface area contributed by atoms with Gasteiger partial charge in [-0.3, -0.25) is 9.69 Å². The first kappa shape index (κ1) is 19.2. The average Bonchev–Trinajstić information content (AvgIpc) is 3.29. The Labute approximate surface area is 171 Å². The van der Waals surface area contributed by atoms with Crippen molar-refractivity contribution in [2.24, 2.45) is 0 Å². The summed E-state index contributed by atoms with van der Waals surface area (Å²) < 4.78 is 1.79. The third-order valence-electron chi connectivity index (χ3n) is 5.16. The number of anilines is 2. The Morgan fingerprint density at radius 2 is 1.86 bits per heavy atom. The van der Waals surface area contributed by atoms with E-state index >= 15 is 0 Å². The van der Waals surface area contributed by atoms with E-state index in [2.05, 4.69) is 39.7 Å². The van der Waals surface area contributed by atoms with Gasteiger partial charge in [0.05, 0.1) is 17.9 Å². The molecular formula is C23H27N5O. The minimum atomic E-state index is -0.0152. The van der Waals surface area contributed by atoms with E-state index in [-0.39, 0.29) is 5.91 Å². The van der Waals surface area contributed by atoms with Crippen LogP contribution in [0, 0.1) is 13.8 Å². The largest absolute Gasteiger partial charge is 0.381 e. The normalized spacial score (nSPS) is 16.7. The molecule has 150 valence electrons. The Balaban J connectivity index is 1.35. The molecule has 0 saturated carbocycles. The van der Waals surface area contributed by atoms with Crippen LogP contribution < -0.4 is 10.6 Å². The number of nitrogens with one attached hydrogen (secondary N) is 2. The Morgan fingerprint density at radius 1 is 1.10 bits per heavy atom. The van der Waals surface area contributed by atoms with Gasteiger partial charge in [0.1, 0.15) is 5.82 Å². The van der Waals surface area contributed by atoms with Gasteiger partial charge in [-0.05, 0) is 44.5 Å². The van der Waals surface area contributed by atoms with Crippen molar-refractivity contribution in [3.05, 3.63) is 71.9 Å². The quantitative estimate of drug-likeness (QED) is 0.676. The maximum absolute atomic E-state index is 12.7. The molecule has 1 fully saturated rings. The highest BCUT2D eigenvalue weighted by molar-refractivity contribution is 5.91. The van der Waals surface area contributed by atoms with Gasteiger partial charge in [-0.2, -0.15) is 5.10 Å². The fraction of sp³-hybridized carbons (Fsp3) is 0.304. The second kappa shape index (κ2) is 8.49. The summed E-state index contributed by atoms with van der Waals surface area (Å²) in [4.78, 5) is 14.9. The summed E-state index contributed by atoms with van der Waals surface area (Å²) in [5.41, 5.74) is 4.12. The second-order valence-corrected chi connectivity index (χ2v) is 7.70. The fourth-order valence-corrected chi connectivity index (χ4v) is 3.72. The third-order valence-corrected chi connectivity index (χ3v) is 5.16. The van der Waals surface area contributed by atoms with Crippen LogP contribution in [0.2, 0.25) is 0 Å². The summed E-state index contributed by atoms with van der Waals surface area (Å²) in [6, 6.07) is 20.6. The number of rotatable bonds is 6. The van der Waals surface area contributed by atoms with E-state index in [0.29, 0.717) is 18.4 Å². The molecule has 1 aliphatic rings. The number of likely N-dealkylation sites (tertiary alicyclic amines) is 1. The second-order valence-electron chi connectivity index (χ2n) is 7.70. The number of hydrogen-bond donors (Lipinski definition) is 2. The van der Waals surface area contributed by atoms with E-state index in [9.17, 15) is 4.79 Å². The van der Waals surface area contributed by atoms with Gasteiger partial charge in [0.2, 0.25) is 5.91 Å². The van der Waals surface area contributed by atoms with Crippen molar-refractivity contribution in [1.82, 2.24) is 14.7 Å². The number of carbonyl (C=O) groups is 1. The molecule has 1 aromatic heterocycles. The van der Waals surface area contributed by atoms with Crippen LogP contribution in [0.25, 0.3) is 5.69 Å². The van der Waals surface area contributed by atoms with Gasteiger partial charge in [-0.1, -0.05) is 35.9 Å². The van der Waals surface area contributed by atoms with Crippen molar-refractivity contribution < 1.29 is 4.79 Å². The lowest BCUT2D eigenvalue weighted by Crippen LogP contribution is -2.33. The van der Waals surface area contributed by atoms with E-state index in [0.717, 1.165) is 36.6 Å².